The van der Waals surface area contributed by atoms with E-state index in [4.69, 9.17) is 4.74 Å². The molecule has 0 N–H and O–H groups in total. The largest absolute Gasteiger partial charge is 0.369 e. The van der Waals surface area contributed by atoms with Crippen molar-refractivity contribution in [1.82, 2.24) is 9.88 Å². The summed E-state index contributed by atoms with van der Waals surface area (Å²) in [6.07, 6.45) is 1.54. The average Bonchev–Trinajstić information content (AvgIpc) is 2.56. The van der Waals surface area contributed by atoms with Crippen LogP contribution in [0.2, 0.25) is 0 Å². The smallest absolute Gasteiger partial charge is 0.273 e. The molecular formula is C18H20N2O2. The van der Waals surface area contributed by atoms with Gasteiger partial charge in [0.1, 0.15) is 11.8 Å². The number of amides is 1. The topological polar surface area (TPSA) is 42.4 Å². The summed E-state index contributed by atoms with van der Waals surface area (Å²) in [6, 6.07) is 15.5. The summed E-state index contributed by atoms with van der Waals surface area (Å²) in [5.41, 5.74) is 1.58. The number of ether oxygens (including phenoxy) is 1. The second kappa shape index (κ2) is 6.28. The van der Waals surface area contributed by atoms with Gasteiger partial charge in [-0.2, -0.15) is 0 Å². The van der Waals surface area contributed by atoms with E-state index in [-0.39, 0.29) is 24.1 Å². The minimum atomic E-state index is -0.106. The molecule has 1 aromatic heterocycles. The highest BCUT2D eigenvalue weighted by Gasteiger charge is 2.37. The van der Waals surface area contributed by atoms with Gasteiger partial charge in [-0.25, -0.2) is 0 Å². The van der Waals surface area contributed by atoms with Gasteiger partial charge in [-0.1, -0.05) is 36.4 Å². The third-order valence-corrected chi connectivity index (χ3v) is 4.12. The molecule has 3 atom stereocenters. The Balaban J connectivity index is 1.88. The van der Waals surface area contributed by atoms with Crippen molar-refractivity contribution in [2.24, 2.45) is 0 Å². The van der Waals surface area contributed by atoms with Crippen LogP contribution in [0.1, 0.15) is 36.0 Å². The van der Waals surface area contributed by atoms with Gasteiger partial charge in [0, 0.05) is 6.20 Å². The predicted octanol–water partition coefficient (Wildman–Crippen LogP) is 3.07. The zero-order chi connectivity index (χ0) is 15.5. The van der Waals surface area contributed by atoms with Crippen LogP contribution in [0.5, 0.6) is 0 Å². The molecule has 3 unspecified atom stereocenters. The van der Waals surface area contributed by atoms with Gasteiger partial charge >= 0.3 is 0 Å². The van der Waals surface area contributed by atoms with Crippen molar-refractivity contribution in [3.05, 3.63) is 66.0 Å². The Morgan fingerprint density at radius 1 is 1.14 bits per heavy atom. The molecule has 4 heteroatoms. The molecular weight excluding hydrogens is 276 g/mol. The van der Waals surface area contributed by atoms with E-state index in [9.17, 15) is 4.79 Å². The summed E-state index contributed by atoms with van der Waals surface area (Å²) >= 11 is 0. The van der Waals surface area contributed by atoms with E-state index in [1.807, 2.05) is 61.2 Å². The number of nitrogens with zero attached hydrogens (tertiary/aromatic N) is 2. The maximum atomic E-state index is 12.8. The molecule has 1 amide bonds. The quantitative estimate of drug-likeness (QED) is 0.855. The Morgan fingerprint density at radius 2 is 1.86 bits per heavy atom. The number of hydrogen-bond donors (Lipinski definition) is 0. The zero-order valence-electron chi connectivity index (χ0n) is 12.8. The fourth-order valence-electron chi connectivity index (χ4n) is 3.03. The average molecular weight is 296 g/mol. The molecule has 2 heterocycles. The summed E-state index contributed by atoms with van der Waals surface area (Å²) in [5, 5.41) is 0. The third kappa shape index (κ3) is 2.74. The Kier molecular flexibility index (Phi) is 4.20. The van der Waals surface area contributed by atoms with Gasteiger partial charge in [0.25, 0.3) is 5.91 Å². The Bertz CT molecular complexity index is 630. The number of morpholine rings is 1. The third-order valence-electron chi connectivity index (χ3n) is 4.12. The Morgan fingerprint density at radius 3 is 2.55 bits per heavy atom. The van der Waals surface area contributed by atoms with Crippen LogP contribution < -0.4 is 0 Å². The van der Waals surface area contributed by atoms with E-state index in [2.05, 4.69) is 4.98 Å². The number of benzene rings is 1. The fraction of sp³-hybridized carbons (Fsp3) is 0.333. The van der Waals surface area contributed by atoms with E-state index in [0.717, 1.165) is 5.56 Å². The minimum absolute atomic E-state index is 0.0319. The predicted molar refractivity (Wildman–Crippen MR) is 84.5 cm³/mol. The number of aromatic nitrogens is 1. The van der Waals surface area contributed by atoms with Gasteiger partial charge in [-0.3, -0.25) is 9.78 Å². The van der Waals surface area contributed by atoms with Crippen molar-refractivity contribution in [2.75, 3.05) is 6.61 Å². The maximum Gasteiger partial charge on any atom is 0.273 e. The first-order valence-electron chi connectivity index (χ1n) is 7.58. The van der Waals surface area contributed by atoms with Gasteiger partial charge in [0.15, 0.2) is 0 Å². The highest BCUT2D eigenvalue weighted by atomic mass is 16.5. The molecule has 1 fully saturated rings. The van der Waals surface area contributed by atoms with E-state index in [1.54, 1.807) is 12.3 Å². The molecule has 0 aliphatic carbocycles. The summed E-state index contributed by atoms with van der Waals surface area (Å²) in [6.45, 7) is 4.58. The molecule has 1 saturated heterocycles. The second-order valence-corrected chi connectivity index (χ2v) is 5.68. The van der Waals surface area contributed by atoms with Crippen LogP contribution in [0.15, 0.2) is 54.7 Å². The zero-order valence-corrected chi connectivity index (χ0v) is 12.8. The van der Waals surface area contributed by atoms with Gasteiger partial charge in [0.05, 0.1) is 18.7 Å². The first kappa shape index (κ1) is 14.7. The summed E-state index contributed by atoms with van der Waals surface area (Å²) in [5.74, 6) is -0.0372. The molecule has 0 bridgehead atoms. The molecule has 114 valence electrons. The van der Waals surface area contributed by atoms with Crippen molar-refractivity contribution in [2.45, 2.75) is 32.0 Å². The van der Waals surface area contributed by atoms with Crippen molar-refractivity contribution in [3.63, 3.8) is 0 Å². The first-order valence-corrected chi connectivity index (χ1v) is 7.58. The second-order valence-electron chi connectivity index (χ2n) is 5.68. The molecule has 1 aromatic carbocycles. The van der Waals surface area contributed by atoms with Gasteiger partial charge in [-0.05, 0) is 31.5 Å². The number of rotatable bonds is 2. The lowest BCUT2D eigenvalue weighted by atomic mass is 9.98. The van der Waals surface area contributed by atoms with Crippen LogP contribution >= 0.6 is 0 Å². The van der Waals surface area contributed by atoms with Crippen molar-refractivity contribution in [3.8, 4) is 0 Å². The van der Waals surface area contributed by atoms with Crippen molar-refractivity contribution >= 4 is 5.91 Å². The number of hydrogen-bond acceptors (Lipinski definition) is 3. The van der Waals surface area contributed by atoms with Gasteiger partial charge < -0.3 is 9.64 Å². The van der Waals surface area contributed by atoms with E-state index < -0.39 is 0 Å². The normalized spacial score (nSPS) is 25.0. The molecule has 3 rings (SSSR count). The standard InChI is InChI=1S/C18H20N2O2/c1-13-12-22-17(15-8-4-3-5-9-15)14(2)20(13)18(21)16-10-6-7-11-19-16/h3-11,13-14,17H,12H2,1-2H3. The molecule has 0 radical (unpaired) electrons. The number of pyridine rings is 1. The summed E-state index contributed by atoms with van der Waals surface area (Å²) in [7, 11) is 0. The van der Waals surface area contributed by atoms with Gasteiger partial charge in [0.2, 0.25) is 0 Å². The molecule has 22 heavy (non-hydrogen) atoms. The van der Waals surface area contributed by atoms with E-state index in [0.29, 0.717) is 12.3 Å². The van der Waals surface area contributed by atoms with E-state index in [1.165, 1.54) is 0 Å². The van der Waals surface area contributed by atoms with Crippen LogP contribution in [0.25, 0.3) is 0 Å². The van der Waals surface area contributed by atoms with Gasteiger partial charge in [-0.15, -0.1) is 0 Å². The SMILES string of the molecule is CC1COC(c2ccccc2)C(C)N1C(=O)c1ccccn1. The van der Waals surface area contributed by atoms with Crippen LogP contribution in [0, 0.1) is 0 Å². The van der Waals surface area contributed by atoms with Crippen LogP contribution in [0.4, 0.5) is 0 Å². The monoisotopic (exact) mass is 296 g/mol. The molecule has 0 spiro atoms. The fourth-order valence-corrected chi connectivity index (χ4v) is 3.03. The van der Waals surface area contributed by atoms with Crippen LogP contribution in [-0.4, -0.2) is 34.5 Å². The minimum Gasteiger partial charge on any atom is -0.369 e. The Labute approximate surface area is 130 Å². The lowest BCUT2D eigenvalue weighted by Gasteiger charge is -2.43. The Hall–Kier alpha value is -2.20. The highest BCUT2D eigenvalue weighted by molar-refractivity contribution is 5.92. The van der Waals surface area contributed by atoms with E-state index >= 15 is 0 Å². The molecule has 4 nitrogen and oxygen atoms in total. The van der Waals surface area contributed by atoms with Crippen molar-refractivity contribution < 1.29 is 9.53 Å². The molecule has 0 saturated carbocycles. The summed E-state index contributed by atoms with van der Waals surface area (Å²) < 4.78 is 5.99. The molecule has 1 aliphatic heterocycles. The van der Waals surface area contributed by atoms with Crippen molar-refractivity contribution in [1.29, 1.82) is 0 Å². The number of carbonyl (C=O) groups is 1. The maximum absolute atomic E-state index is 12.8. The number of carbonyl (C=O) groups excluding carboxylic acids is 1. The molecule has 2 aromatic rings. The lowest BCUT2D eigenvalue weighted by Crippen LogP contribution is -2.53. The van der Waals surface area contributed by atoms with Crippen LogP contribution in [0.3, 0.4) is 0 Å². The summed E-state index contributed by atoms with van der Waals surface area (Å²) in [4.78, 5) is 18.9. The van der Waals surface area contributed by atoms with Crippen LogP contribution in [-0.2, 0) is 4.74 Å². The molecule has 1 aliphatic rings. The highest BCUT2D eigenvalue weighted by Crippen LogP contribution is 2.31. The lowest BCUT2D eigenvalue weighted by molar-refractivity contribution is -0.0807. The first-order chi connectivity index (χ1) is 10.7.